The highest BCUT2D eigenvalue weighted by atomic mass is 35.5. The number of aliphatic hydroxyl groups excluding tert-OH is 1. The van der Waals surface area contributed by atoms with Crippen molar-refractivity contribution in [1.29, 1.82) is 0 Å². The number of carbonyl (C=O) groups is 1. The molecule has 0 radical (unpaired) electrons. The van der Waals surface area contributed by atoms with E-state index in [1.165, 1.54) is 18.2 Å². The van der Waals surface area contributed by atoms with Crippen LogP contribution < -0.4 is 4.74 Å². The van der Waals surface area contributed by atoms with Crippen LogP contribution in [0.1, 0.15) is 35.5 Å². The normalized spacial score (nSPS) is 13.4. The Morgan fingerprint density at radius 2 is 2.16 bits per heavy atom. The summed E-state index contributed by atoms with van der Waals surface area (Å²) in [7, 11) is 0. The average Bonchev–Trinajstić information content (AvgIpc) is 3.30. The van der Waals surface area contributed by atoms with Crippen molar-refractivity contribution in [1.82, 2.24) is 24.4 Å². The highest BCUT2D eigenvalue weighted by molar-refractivity contribution is 6.30. The van der Waals surface area contributed by atoms with Gasteiger partial charge >= 0.3 is 0 Å². The summed E-state index contributed by atoms with van der Waals surface area (Å²) < 4.78 is 21.3. The van der Waals surface area contributed by atoms with E-state index in [4.69, 9.17) is 16.3 Å². The fourth-order valence-corrected chi connectivity index (χ4v) is 4.00. The molecule has 1 amide bonds. The van der Waals surface area contributed by atoms with Crippen LogP contribution in [-0.4, -0.2) is 67.8 Å². The van der Waals surface area contributed by atoms with E-state index in [0.717, 1.165) is 11.3 Å². The smallest absolute Gasteiger partial charge is 0.258 e. The van der Waals surface area contributed by atoms with Crippen LogP contribution in [0, 0.1) is 5.82 Å². The molecule has 170 valence electrons. The molecule has 3 heterocycles. The number of benzene rings is 1. The monoisotopic (exact) mass is 461 g/mol. The number of halogens is 2. The molecule has 1 aromatic carbocycles. The summed E-state index contributed by atoms with van der Waals surface area (Å²) >= 11 is 5.98. The van der Waals surface area contributed by atoms with Gasteiger partial charge in [-0.1, -0.05) is 11.6 Å². The SMILES string of the molecule is CC(C)N(CCO)CCOc1cc(F)ccc1C(=O)N1Cc2nn3cc(Cl)cnc3c2C1. The second-order valence-corrected chi connectivity index (χ2v) is 8.41. The van der Waals surface area contributed by atoms with Crippen LogP contribution in [0.2, 0.25) is 5.02 Å². The summed E-state index contributed by atoms with van der Waals surface area (Å²) in [6, 6.07) is 4.16. The standard InChI is InChI=1S/C22H25ClFN5O3/c1-14(2)27(5-7-30)6-8-32-20-9-16(24)3-4-17(20)22(31)28-12-18-19(13-28)26-29-11-15(23)10-25-21(18)29/h3-4,9-11,14,30H,5-8,12-13H2,1-2H3. The van der Waals surface area contributed by atoms with Crippen molar-refractivity contribution in [2.75, 3.05) is 26.3 Å². The van der Waals surface area contributed by atoms with E-state index in [0.29, 0.717) is 42.4 Å². The number of fused-ring (bicyclic) bond motifs is 3. The molecule has 0 fully saturated rings. The van der Waals surface area contributed by atoms with Crippen LogP contribution in [0.15, 0.2) is 30.6 Å². The Labute approximate surface area is 190 Å². The van der Waals surface area contributed by atoms with Crippen LogP contribution in [0.3, 0.4) is 0 Å². The van der Waals surface area contributed by atoms with Gasteiger partial charge in [0.25, 0.3) is 5.91 Å². The van der Waals surface area contributed by atoms with Crippen molar-refractivity contribution in [3.05, 3.63) is 58.3 Å². The minimum Gasteiger partial charge on any atom is -0.491 e. The van der Waals surface area contributed by atoms with E-state index in [-0.39, 0.29) is 30.9 Å². The summed E-state index contributed by atoms with van der Waals surface area (Å²) in [5.74, 6) is -0.538. The molecule has 0 saturated carbocycles. The molecule has 0 atom stereocenters. The molecule has 1 aliphatic heterocycles. The average molecular weight is 462 g/mol. The van der Waals surface area contributed by atoms with E-state index in [1.807, 2.05) is 18.7 Å². The highest BCUT2D eigenvalue weighted by Crippen LogP contribution is 2.29. The third kappa shape index (κ3) is 4.55. The van der Waals surface area contributed by atoms with Crippen molar-refractivity contribution < 1.29 is 19.0 Å². The Hall–Kier alpha value is -2.75. The van der Waals surface area contributed by atoms with Gasteiger partial charge in [0, 0.05) is 37.0 Å². The number of amides is 1. The van der Waals surface area contributed by atoms with Crippen LogP contribution in [0.5, 0.6) is 5.75 Å². The van der Waals surface area contributed by atoms with Crippen LogP contribution in [0.25, 0.3) is 5.65 Å². The largest absolute Gasteiger partial charge is 0.491 e. The van der Waals surface area contributed by atoms with Crippen LogP contribution in [-0.2, 0) is 13.1 Å². The van der Waals surface area contributed by atoms with E-state index < -0.39 is 5.82 Å². The Balaban J connectivity index is 1.49. The molecule has 4 rings (SSSR count). The number of rotatable bonds is 8. The zero-order valence-electron chi connectivity index (χ0n) is 18.0. The van der Waals surface area contributed by atoms with Gasteiger partial charge in [-0.25, -0.2) is 13.9 Å². The third-order valence-corrected chi connectivity index (χ3v) is 5.72. The van der Waals surface area contributed by atoms with Crippen LogP contribution in [0.4, 0.5) is 4.39 Å². The maximum atomic E-state index is 13.9. The number of carbonyl (C=O) groups excluding carboxylic acids is 1. The second kappa shape index (κ2) is 9.40. The maximum Gasteiger partial charge on any atom is 0.258 e. The highest BCUT2D eigenvalue weighted by Gasteiger charge is 2.31. The molecule has 10 heteroatoms. The van der Waals surface area contributed by atoms with E-state index in [9.17, 15) is 14.3 Å². The second-order valence-electron chi connectivity index (χ2n) is 7.97. The predicted octanol–water partition coefficient (Wildman–Crippen LogP) is 2.76. The van der Waals surface area contributed by atoms with Gasteiger partial charge in [0.2, 0.25) is 0 Å². The molecule has 8 nitrogen and oxygen atoms in total. The molecule has 0 saturated heterocycles. The van der Waals surface area contributed by atoms with Gasteiger partial charge in [-0.05, 0) is 26.0 Å². The number of hydrogen-bond donors (Lipinski definition) is 1. The molecule has 0 spiro atoms. The summed E-state index contributed by atoms with van der Waals surface area (Å²) in [5, 5.41) is 14.2. The lowest BCUT2D eigenvalue weighted by atomic mass is 10.1. The van der Waals surface area contributed by atoms with E-state index in [2.05, 4.69) is 10.1 Å². The summed E-state index contributed by atoms with van der Waals surface area (Å²) in [4.78, 5) is 21.3. The Morgan fingerprint density at radius 1 is 1.34 bits per heavy atom. The van der Waals surface area contributed by atoms with E-state index in [1.54, 1.807) is 21.8 Å². The lowest BCUT2D eigenvalue weighted by molar-refractivity contribution is 0.0743. The number of hydrogen-bond acceptors (Lipinski definition) is 6. The zero-order chi connectivity index (χ0) is 22.8. The molecule has 0 unspecified atom stereocenters. The first-order valence-corrected chi connectivity index (χ1v) is 10.8. The van der Waals surface area contributed by atoms with Gasteiger partial charge in [0.05, 0.1) is 42.2 Å². The van der Waals surface area contributed by atoms with Crippen molar-refractivity contribution >= 4 is 23.2 Å². The van der Waals surface area contributed by atoms with Crippen molar-refractivity contribution in [3.63, 3.8) is 0 Å². The van der Waals surface area contributed by atoms with Crippen molar-refractivity contribution in [2.24, 2.45) is 0 Å². The molecule has 1 aliphatic rings. The van der Waals surface area contributed by atoms with Gasteiger partial charge in [0.15, 0.2) is 5.65 Å². The lowest BCUT2D eigenvalue weighted by Crippen LogP contribution is -2.36. The molecule has 1 N–H and O–H groups in total. The molecule has 32 heavy (non-hydrogen) atoms. The maximum absolute atomic E-state index is 13.9. The molecule has 3 aromatic rings. The van der Waals surface area contributed by atoms with Gasteiger partial charge in [0.1, 0.15) is 18.2 Å². The van der Waals surface area contributed by atoms with Gasteiger partial charge < -0.3 is 14.7 Å². The molecule has 0 aliphatic carbocycles. The van der Waals surface area contributed by atoms with Crippen molar-refractivity contribution in [2.45, 2.75) is 33.0 Å². The Bertz CT molecular complexity index is 1140. The van der Waals surface area contributed by atoms with E-state index >= 15 is 0 Å². The number of aromatic nitrogens is 3. The minimum absolute atomic E-state index is 0.0437. The quantitative estimate of drug-likeness (QED) is 0.555. The minimum atomic E-state index is -0.476. The zero-order valence-corrected chi connectivity index (χ0v) is 18.7. The predicted molar refractivity (Wildman–Crippen MR) is 117 cm³/mol. The van der Waals surface area contributed by atoms with Gasteiger partial charge in [-0.2, -0.15) is 5.10 Å². The summed E-state index contributed by atoms with van der Waals surface area (Å²) in [6.45, 7) is 6.09. The van der Waals surface area contributed by atoms with Crippen molar-refractivity contribution in [3.8, 4) is 5.75 Å². The fraction of sp³-hybridized carbons (Fsp3) is 0.409. The molecular weight excluding hydrogens is 437 g/mol. The summed E-state index contributed by atoms with van der Waals surface area (Å²) in [5.41, 5.74) is 2.58. The molecular formula is C22H25ClFN5O3. The Morgan fingerprint density at radius 3 is 2.91 bits per heavy atom. The Kier molecular flexibility index (Phi) is 6.59. The fourth-order valence-electron chi connectivity index (χ4n) is 3.86. The molecule has 2 aromatic heterocycles. The number of nitrogens with zero attached hydrogens (tertiary/aromatic N) is 5. The van der Waals surface area contributed by atoms with Gasteiger partial charge in [-0.15, -0.1) is 0 Å². The third-order valence-electron chi connectivity index (χ3n) is 5.52. The summed E-state index contributed by atoms with van der Waals surface area (Å²) in [6.07, 6.45) is 3.23. The lowest BCUT2D eigenvalue weighted by Gasteiger charge is -2.25. The number of ether oxygens (including phenoxy) is 1. The first-order valence-electron chi connectivity index (χ1n) is 10.5. The number of aliphatic hydroxyl groups is 1. The van der Waals surface area contributed by atoms with Crippen LogP contribution >= 0.6 is 11.6 Å². The first-order chi connectivity index (χ1) is 15.4. The van der Waals surface area contributed by atoms with Gasteiger partial charge in [-0.3, -0.25) is 9.69 Å². The molecule has 0 bridgehead atoms. The first kappa shape index (κ1) is 22.4. The topological polar surface area (TPSA) is 83.2 Å².